The average Bonchev–Trinajstić information content (AvgIpc) is 2.16. The third kappa shape index (κ3) is 6.46. The largest absolute Gasteiger partial charge is 0.573 e. The Morgan fingerprint density at radius 2 is 1.61 bits per heavy atom. The zero-order valence-electron chi connectivity index (χ0n) is 10.5. The molecule has 1 aromatic carbocycles. The lowest BCUT2D eigenvalue weighted by molar-refractivity contribution is -0.274. The summed E-state index contributed by atoms with van der Waals surface area (Å²) in [5.74, 6) is -0.233. The third-order valence-corrected chi connectivity index (χ3v) is 1.81. The summed E-state index contributed by atoms with van der Waals surface area (Å²) in [5.41, 5.74) is 3.23. The number of alkyl halides is 3. The Morgan fingerprint density at radius 3 is 2.06 bits per heavy atom. The standard InChI is InChI=1S/C12H16F3NO2/c1-11(2,3)18-16-8-9-4-6-10(7-5-9)17-12(13,14)15/h4-7,16H,8H2,1-3H3. The first kappa shape index (κ1) is 14.8. The first-order chi connectivity index (χ1) is 8.16. The van der Waals surface area contributed by atoms with E-state index in [4.69, 9.17) is 4.84 Å². The molecule has 0 saturated carbocycles. The molecule has 0 radical (unpaired) electrons. The van der Waals surface area contributed by atoms with Crippen LogP contribution in [0.1, 0.15) is 26.3 Å². The molecule has 0 fully saturated rings. The third-order valence-electron chi connectivity index (χ3n) is 1.81. The summed E-state index contributed by atoms with van der Waals surface area (Å²) in [7, 11) is 0. The highest BCUT2D eigenvalue weighted by Crippen LogP contribution is 2.22. The molecule has 3 nitrogen and oxygen atoms in total. The quantitative estimate of drug-likeness (QED) is 0.844. The van der Waals surface area contributed by atoms with E-state index >= 15 is 0 Å². The molecule has 0 amide bonds. The van der Waals surface area contributed by atoms with Gasteiger partial charge in [0.1, 0.15) is 5.75 Å². The fourth-order valence-electron chi connectivity index (χ4n) is 1.14. The average molecular weight is 263 g/mol. The normalized spacial score (nSPS) is 12.6. The molecule has 0 unspecified atom stereocenters. The van der Waals surface area contributed by atoms with Crippen molar-refractivity contribution >= 4 is 0 Å². The molecule has 0 heterocycles. The minimum atomic E-state index is -4.66. The number of nitrogens with one attached hydrogen (secondary N) is 1. The molecule has 0 aliphatic heterocycles. The van der Waals surface area contributed by atoms with Crippen molar-refractivity contribution in [1.29, 1.82) is 0 Å². The summed E-state index contributed by atoms with van der Waals surface area (Å²) in [6.45, 7) is 6.07. The summed E-state index contributed by atoms with van der Waals surface area (Å²) in [4.78, 5) is 5.28. The van der Waals surface area contributed by atoms with Crippen molar-refractivity contribution < 1.29 is 22.7 Å². The molecule has 0 aliphatic carbocycles. The van der Waals surface area contributed by atoms with E-state index in [2.05, 4.69) is 10.2 Å². The van der Waals surface area contributed by atoms with Gasteiger partial charge < -0.3 is 4.74 Å². The van der Waals surface area contributed by atoms with Crippen molar-refractivity contribution in [2.75, 3.05) is 0 Å². The maximum Gasteiger partial charge on any atom is 0.573 e. The predicted molar refractivity (Wildman–Crippen MR) is 60.8 cm³/mol. The van der Waals surface area contributed by atoms with Crippen LogP contribution in [0.4, 0.5) is 13.2 Å². The van der Waals surface area contributed by atoms with Crippen molar-refractivity contribution in [1.82, 2.24) is 5.48 Å². The molecule has 0 spiro atoms. The van der Waals surface area contributed by atoms with Gasteiger partial charge in [0.15, 0.2) is 0 Å². The van der Waals surface area contributed by atoms with Gasteiger partial charge in [0.25, 0.3) is 0 Å². The second-order valence-corrected chi connectivity index (χ2v) is 4.73. The van der Waals surface area contributed by atoms with E-state index in [9.17, 15) is 13.2 Å². The van der Waals surface area contributed by atoms with Crippen LogP contribution in [0.15, 0.2) is 24.3 Å². The molecule has 0 bridgehead atoms. The van der Waals surface area contributed by atoms with Crippen LogP contribution in [0.2, 0.25) is 0 Å². The maximum atomic E-state index is 11.9. The van der Waals surface area contributed by atoms with Crippen LogP contribution in [0.25, 0.3) is 0 Å². The molecule has 0 aliphatic rings. The SMILES string of the molecule is CC(C)(C)ONCc1ccc(OC(F)(F)F)cc1. The molecular weight excluding hydrogens is 247 g/mol. The van der Waals surface area contributed by atoms with Crippen LogP contribution in [0, 0.1) is 0 Å². The van der Waals surface area contributed by atoms with E-state index in [0.29, 0.717) is 6.54 Å². The Morgan fingerprint density at radius 1 is 1.06 bits per heavy atom. The van der Waals surface area contributed by atoms with Gasteiger partial charge in [-0.1, -0.05) is 12.1 Å². The van der Waals surface area contributed by atoms with Crippen molar-refractivity contribution in [2.24, 2.45) is 0 Å². The number of halogens is 3. The van der Waals surface area contributed by atoms with Gasteiger partial charge in [0.2, 0.25) is 0 Å². The van der Waals surface area contributed by atoms with E-state index < -0.39 is 6.36 Å². The minimum absolute atomic E-state index is 0.233. The minimum Gasteiger partial charge on any atom is -0.406 e. The topological polar surface area (TPSA) is 30.5 Å². The Balaban J connectivity index is 2.46. The summed E-state index contributed by atoms with van der Waals surface area (Å²) >= 11 is 0. The molecule has 1 N–H and O–H groups in total. The summed E-state index contributed by atoms with van der Waals surface area (Å²) in [6, 6.07) is 5.61. The molecule has 0 saturated heterocycles. The number of hydroxylamine groups is 1. The second kappa shape index (κ2) is 5.58. The van der Waals surface area contributed by atoms with Crippen LogP contribution >= 0.6 is 0 Å². The van der Waals surface area contributed by atoms with Crippen LogP contribution in [0.3, 0.4) is 0 Å². The molecule has 6 heteroatoms. The van der Waals surface area contributed by atoms with Crippen molar-refractivity contribution in [3.8, 4) is 5.75 Å². The lowest BCUT2D eigenvalue weighted by Gasteiger charge is -2.19. The van der Waals surface area contributed by atoms with Gasteiger partial charge >= 0.3 is 6.36 Å². The first-order valence-electron chi connectivity index (χ1n) is 5.41. The number of rotatable bonds is 4. The fraction of sp³-hybridized carbons (Fsp3) is 0.500. The smallest absolute Gasteiger partial charge is 0.406 e. The maximum absolute atomic E-state index is 11.9. The fourth-order valence-corrected chi connectivity index (χ4v) is 1.14. The monoisotopic (exact) mass is 263 g/mol. The highest BCUT2D eigenvalue weighted by molar-refractivity contribution is 5.27. The molecular formula is C12H16F3NO2. The van der Waals surface area contributed by atoms with Crippen molar-refractivity contribution in [3.05, 3.63) is 29.8 Å². The molecule has 1 aromatic rings. The number of hydrogen-bond donors (Lipinski definition) is 1. The Hall–Kier alpha value is -1.27. The molecule has 0 aromatic heterocycles. The summed E-state index contributed by atoms with van der Waals surface area (Å²) < 4.78 is 39.5. The van der Waals surface area contributed by atoms with E-state index in [-0.39, 0.29) is 11.4 Å². The van der Waals surface area contributed by atoms with Crippen LogP contribution in [0.5, 0.6) is 5.75 Å². The summed E-state index contributed by atoms with van der Waals surface area (Å²) in [6.07, 6.45) is -4.66. The number of ether oxygens (including phenoxy) is 1. The van der Waals surface area contributed by atoms with Gasteiger partial charge in [-0.3, -0.25) is 4.84 Å². The molecule has 18 heavy (non-hydrogen) atoms. The molecule has 0 atom stereocenters. The van der Waals surface area contributed by atoms with E-state index in [1.165, 1.54) is 12.1 Å². The highest BCUT2D eigenvalue weighted by atomic mass is 19.4. The summed E-state index contributed by atoms with van der Waals surface area (Å²) in [5, 5.41) is 0. The van der Waals surface area contributed by atoms with E-state index in [1.807, 2.05) is 20.8 Å². The van der Waals surface area contributed by atoms with Crippen LogP contribution in [-0.4, -0.2) is 12.0 Å². The Labute approximate surface area is 104 Å². The van der Waals surface area contributed by atoms with Gasteiger partial charge in [-0.15, -0.1) is 13.2 Å². The second-order valence-electron chi connectivity index (χ2n) is 4.73. The Bertz CT molecular complexity index is 368. The van der Waals surface area contributed by atoms with Crippen LogP contribution in [-0.2, 0) is 11.4 Å². The first-order valence-corrected chi connectivity index (χ1v) is 5.41. The predicted octanol–water partition coefficient (Wildman–Crippen LogP) is 3.40. The van der Waals surface area contributed by atoms with Gasteiger partial charge in [-0.25, -0.2) is 0 Å². The zero-order chi connectivity index (χ0) is 13.8. The lowest BCUT2D eigenvalue weighted by Crippen LogP contribution is -2.28. The highest BCUT2D eigenvalue weighted by Gasteiger charge is 2.30. The number of benzene rings is 1. The number of hydrogen-bond acceptors (Lipinski definition) is 3. The Kier molecular flexibility index (Phi) is 4.59. The van der Waals surface area contributed by atoms with Gasteiger partial charge in [-0.2, -0.15) is 5.48 Å². The van der Waals surface area contributed by atoms with Gasteiger partial charge in [-0.05, 0) is 38.5 Å². The van der Waals surface area contributed by atoms with Gasteiger partial charge in [0, 0.05) is 6.54 Å². The molecule has 1 rings (SSSR count). The van der Waals surface area contributed by atoms with E-state index in [1.54, 1.807) is 12.1 Å². The van der Waals surface area contributed by atoms with Crippen molar-refractivity contribution in [3.63, 3.8) is 0 Å². The van der Waals surface area contributed by atoms with Gasteiger partial charge in [0.05, 0.1) is 5.60 Å². The zero-order valence-corrected chi connectivity index (χ0v) is 10.5. The lowest BCUT2D eigenvalue weighted by atomic mass is 10.2. The van der Waals surface area contributed by atoms with Crippen molar-refractivity contribution in [2.45, 2.75) is 39.3 Å². The van der Waals surface area contributed by atoms with E-state index in [0.717, 1.165) is 5.56 Å². The van der Waals surface area contributed by atoms with Crippen LogP contribution < -0.4 is 10.2 Å². The molecule has 102 valence electrons.